The largest absolute Gasteiger partial charge is 0.110 e. The Morgan fingerprint density at radius 2 is 2.25 bits per heavy atom. The fraction of sp³-hybridized carbons (Fsp3) is 0. The third kappa shape index (κ3) is 2.09. The molecular formula is C3H4Br+. The van der Waals surface area contributed by atoms with Gasteiger partial charge < -0.3 is 0 Å². The van der Waals surface area contributed by atoms with E-state index in [1.807, 2.05) is 0 Å². The van der Waals surface area contributed by atoms with Crippen molar-refractivity contribution in [1.82, 2.24) is 0 Å². The Hall–Kier alpha value is 0.0900. The molecule has 0 aliphatic rings. The maximum absolute atomic E-state index is 3.38. The lowest BCUT2D eigenvalue weighted by atomic mass is 10.8. The molecule has 0 N–H and O–H groups in total. The van der Waals surface area contributed by atoms with Crippen LogP contribution in [0.5, 0.6) is 0 Å². The maximum Gasteiger partial charge on any atom is 0.110 e. The lowest BCUT2D eigenvalue weighted by Gasteiger charge is -1.42. The lowest BCUT2D eigenvalue weighted by molar-refractivity contribution is 2.12. The molecule has 22 valence electrons. The van der Waals surface area contributed by atoms with Gasteiger partial charge in [0.05, 0.1) is 22.0 Å². The highest BCUT2D eigenvalue weighted by Crippen LogP contribution is 1.83. The normalized spacial score (nSPS) is 5.25. The Morgan fingerprint density at radius 3 is 2.25 bits per heavy atom. The van der Waals surface area contributed by atoms with Crippen LogP contribution in [0.2, 0.25) is 0 Å². The van der Waals surface area contributed by atoms with E-state index >= 15 is 0 Å². The van der Waals surface area contributed by atoms with Crippen molar-refractivity contribution in [3.8, 4) is 0 Å². The quantitative estimate of drug-likeness (QED) is 0.462. The van der Waals surface area contributed by atoms with Crippen molar-refractivity contribution < 1.29 is 0 Å². The highest BCUT2D eigenvalue weighted by atomic mass is 79.9. The number of hydrogen-bond acceptors (Lipinski definition) is 0. The van der Waals surface area contributed by atoms with E-state index in [-0.39, 0.29) is 0 Å². The van der Waals surface area contributed by atoms with Crippen LogP contribution in [0.3, 0.4) is 0 Å². The summed E-state index contributed by atoms with van der Waals surface area (Å²) in [5.41, 5.74) is 0. The molecule has 0 nitrogen and oxygen atoms in total. The first-order valence-corrected chi connectivity index (χ1v) is 1.88. The summed E-state index contributed by atoms with van der Waals surface area (Å²) < 4.78 is 0. The molecular weight excluding hydrogens is 116 g/mol. The van der Waals surface area contributed by atoms with Gasteiger partial charge in [0.1, 0.15) is 5.33 Å². The SMILES string of the molecule is C=C[CH+]Br. The molecule has 0 saturated carbocycles. The average molecular weight is 120 g/mol. The summed E-state index contributed by atoms with van der Waals surface area (Å²) in [6.45, 7) is 3.38. The minimum Gasteiger partial charge on any atom is 0.0274 e. The Kier molecular flexibility index (Phi) is 3.16. The Bertz CT molecular complexity index is 17.2. The molecule has 0 fully saturated rings. The van der Waals surface area contributed by atoms with E-state index < -0.39 is 0 Å². The zero-order valence-electron chi connectivity index (χ0n) is 2.24. The second kappa shape index (κ2) is 3.09. The molecule has 0 heterocycles. The third-order valence-electron chi connectivity index (χ3n) is 0.0891. The molecule has 0 unspecified atom stereocenters. The van der Waals surface area contributed by atoms with Gasteiger partial charge in [0.25, 0.3) is 0 Å². The molecule has 0 bridgehead atoms. The van der Waals surface area contributed by atoms with Crippen LogP contribution < -0.4 is 0 Å². The smallest absolute Gasteiger partial charge is 0.0274 e. The van der Waals surface area contributed by atoms with E-state index in [1.54, 1.807) is 11.4 Å². The van der Waals surface area contributed by atoms with Gasteiger partial charge in [-0.15, -0.1) is 0 Å². The number of halogens is 1. The van der Waals surface area contributed by atoms with Gasteiger partial charge >= 0.3 is 0 Å². The van der Waals surface area contributed by atoms with Gasteiger partial charge in [-0.05, 0) is 0 Å². The maximum atomic E-state index is 3.38. The predicted octanol–water partition coefficient (Wildman–Crippen LogP) is 1.73. The van der Waals surface area contributed by atoms with Crippen LogP contribution in [0.4, 0.5) is 0 Å². The van der Waals surface area contributed by atoms with Crippen LogP contribution >= 0.6 is 15.9 Å². The van der Waals surface area contributed by atoms with E-state index in [0.29, 0.717) is 0 Å². The molecule has 0 aliphatic carbocycles. The van der Waals surface area contributed by atoms with E-state index in [1.165, 1.54) is 0 Å². The van der Waals surface area contributed by atoms with Crippen LogP contribution in [-0.4, -0.2) is 0 Å². The summed E-state index contributed by atoms with van der Waals surface area (Å²) in [4.78, 5) is 0. The highest BCUT2D eigenvalue weighted by Gasteiger charge is 1.60. The molecule has 0 saturated heterocycles. The van der Waals surface area contributed by atoms with Crippen molar-refractivity contribution >= 4 is 15.9 Å². The van der Waals surface area contributed by atoms with Crippen LogP contribution in [0.25, 0.3) is 0 Å². The number of rotatable bonds is 1. The molecule has 0 aromatic heterocycles. The summed E-state index contributed by atoms with van der Waals surface area (Å²) in [6.07, 6.45) is 1.67. The summed E-state index contributed by atoms with van der Waals surface area (Å²) in [6, 6.07) is 0. The summed E-state index contributed by atoms with van der Waals surface area (Å²) in [7, 11) is 0. The second-order valence-corrected chi connectivity index (χ2v) is 0.890. The zero-order chi connectivity index (χ0) is 3.41. The molecule has 0 amide bonds. The Balaban J connectivity index is 2.30. The van der Waals surface area contributed by atoms with Gasteiger partial charge in [-0.1, -0.05) is 0 Å². The molecule has 0 radical (unpaired) electrons. The van der Waals surface area contributed by atoms with Crippen molar-refractivity contribution in [2.45, 2.75) is 0 Å². The van der Waals surface area contributed by atoms with Crippen molar-refractivity contribution in [1.29, 1.82) is 0 Å². The van der Waals surface area contributed by atoms with Crippen molar-refractivity contribution in [3.05, 3.63) is 18.0 Å². The van der Waals surface area contributed by atoms with Crippen molar-refractivity contribution in [3.63, 3.8) is 0 Å². The first-order valence-electron chi connectivity index (χ1n) is 0.960. The molecule has 1 heteroatoms. The molecule has 0 aromatic rings. The van der Waals surface area contributed by atoms with E-state index in [9.17, 15) is 0 Å². The molecule has 0 aromatic carbocycles. The molecule has 0 atom stereocenters. The predicted molar refractivity (Wildman–Crippen MR) is 23.4 cm³/mol. The monoisotopic (exact) mass is 119 g/mol. The van der Waals surface area contributed by atoms with Gasteiger partial charge in [-0.2, -0.15) is 0 Å². The number of hydrogen-bond donors (Lipinski definition) is 0. The molecule has 0 rings (SSSR count). The fourth-order valence-electron chi connectivity index (χ4n) is 0. The highest BCUT2D eigenvalue weighted by molar-refractivity contribution is 9.10. The summed E-state index contributed by atoms with van der Waals surface area (Å²) in [5, 5.41) is 1.70. The first-order chi connectivity index (χ1) is 1.91. The van der Waals surface area contributed by atoms with Crippen molar-refractivity contribution in [2.24, 2.45) is 0 Å². The van der Waals surface area contributed by atoms with Crippen LogP contribution in [-0.2, 0) is 0 Å². The molecule has 4 heavy (non-hydrogen) atoms. The average Bonchev–Trinajstić information content (AvgIpc) is 1.37. The topological polar surface area (TPSA) is 0 Å². The molecule has 0 aliphatic heterocycles. The lowest BCUT2D eigenvalue weighted by Crippen LogP contribution is -1.29. The van der Waals surface area contributed by atoms with E-state index in [0.717, 1.165) is 0 Å². The van der Waals surface area contributed by atoms with Crippen LogP contribution in [0.1, 0.15) is 0 Å². The summed E-state index contributed by atoms with van der Waals surface area (Å²) >= 11 is 3.01. The van der Waals surface area contributed by atoms with Gasteiger partial charge in [0.15, 0.2) is 0 Å². The van der Waals surface area contributed by atoms with Gasteiger partial charge in [0.2, 0.25) is 0 Å². The minimum atomic E-state index is 1.67. The zero-order valence-corrected chi connectivity index (χ0v) is 3.83. The number of allylic oxidation sites excluding steroid dienone is 1. The van der Waals surface area contributed by atoms with Crippen LogP contribution in [0.15, 0.2) is 12.7 Å². The van der Waals surface area contributed by atoms with Crippen molar-refractivity contribution in [2.75, 3.05) is 0 Å². The third-order valence-corrected chi connectivity index (χ3v) is 0.463. The Morgan fingerprint density at radius 1 is 2.00 bits per heavy atom. The fourth-order valence-corrected chi connectivity index (χ4v) is 0. The standard InChI is InChI=1S/C3H4Br/c1-2-3-4/h2-3H,1H2/q+1. The molecule has 0 spiro atoms. The Labute approximate surface area is 34.6 Å². The van der Waals surface area contributed by atoms with E-state index in [4.69, 9.17) is 0 Å². The van der Waals surface area contributed by atoms with Gasteiger partial charge in [-0.3, -0.25) is 0 Å². The minimum absolute atomic E-state index is 1.67. The van der Waals surface area contributed by atoms with Crippen LogP contribution in [0, 0.1) is 5.33 Å². The van der Waals surface area contributed by atoms with Gasteiger partial charge in [-0.25, -0.2) is 0 Å². The first kappa shape index (κ1) is 4.09. The van der Waals surface area contributed by atoms with Gasteiger partial charge in [0, 0.05) is 6.58 Å². The second-order valence-electron chi connectivity index (χ2n) is 0.362. The summed E-state index contributed by atoms with van der Waals surface area (Å²) in [5.74, 6) is 0. The van der Waals surface area contributed by atoms with E-state index in [2.05, 4.69) is 22.5 Å².